The highest BCUT2D eigenvalue weighted by Crippen LogP contribution is 2.34. The third-order valence-corrected chi connectivity index (χ3v) is 7.12. The SMILES string of the molecule is CC.CC.CC.CC.O=[P+](c1ccccc1)c1ccccc1.O=[p+]1oc2ccccc2c2ccccc21. The summed E-state index contributed by atoms with van der Waals surface area (Å²) in [6.07, 6.45) is 0. The predicted molar refractivity (Wildman–Crippen MR) is 166 cm³/mol. The molecule has 1 atom stereocenters. The van der Waals surface area contributed by atoms with Gasteiger partial charge in [-0.25, -0.2) is 4.20 Å². The normalized spacial score (nSPS) is 9.24. The highest BCUT2D eigenvalue weighted by atomic mass is 31.1. The molecule has 1 aromatic heterocycles. The maximum atomic E-state index is 12.0. The fraction of sp³-hybridized carbons (Fsp3) is 0.250. The Balaban J connectivity index is 0.000000554. The van der Waals surface area contributed by atoms with Gasteiger partial charge in [0.1, 0.15) is 0 Å². The molecule has 0 aliphatic rings. The number of hydrogen-bond acceptors (Lipinski definition) is 3. The molecule has 0 aliphatic carbocycles. The first-order chi connectivity index (χ1) is 18.2. The predicted octanol–water partition coefficient (Wildman–Crippen LogP) is 10.9. The van der Waals surface area contributed by atoms with Crippen LogP contribution in [0.3, 0.4) is 0 Å². The standard InChI is InChI=1S/C12H8O2P.C12H10OP.4C2H6/c13-15-12-8-4-2-6-10(12)9-5-1-3-7-11(9)14-15;13-14(11-7-3-1-4-8-11)12-9-5-2-6-10-12;4*1-2/h1-8H;1-10H;4*1-2H3/q2*+1;;;;. The fourth-order valence-electron chi connectivity index (χ4n) is 3.04. The molecule has 1 heterocycles. The Morgan fingerprint density at radius 2 is 0.892 bits per heavy atom. The third-order valence-electron chi connectivity index (χ3n) is 4.44. The molecule has 5 rings (SSSR count). The lowest BCUT2D eigenvalue weighted by Gasteiger charge is -1.94. The molecule has 0 aliphatic heterocycles. The molecule has 0 bridgehead atoms. The summed E-state index contributed by atoms with van der Waals surface area (Å²) in [5.41, 5.74) is 0.706. The monoisotopic (exact) mass is 536 g/mol. The van der Waals surface area contributed by atoms with Crippen LogP contribution in [0, 0.1) is 0 Å². The van der Waals surface area contributed by atoms with Crippen LogP contribution in [-0.4, -0.2) is 0 Å². The van der Waals surface area contributed by atoms with Crippen LogP contribution >= 0.6 is 15.5 Å². The molecule has 5 aromatic rings. The first kappa shape index (κ1) is 33.9. The molecule has 0 amide bonds. The van der Waals surface area contributed by atoms with Crippen LogP contribution in [0.15, 0.2) is 113 Å². The van der Waals surface area contributed by atoms with Crippen molar-refractivity contribution in [2.24, 2.45) is 0 Å². The molecule has 196 valence electrons. The summed E-state index contributed by atoms with van der Waals surface area (Å²) < 4.78 is 29.1. The van der Waals surface area contributed by atoms with Gasteiger partial charge in [0, 0.05) is 10.8 Å². The van der Waals surface area contributed by atoms with Gasteiger partial charge in [-0.2, -0.15) is 0 Å². The smallest absolute Gasteiger partial charge is 0.250 e. The van der Waals surface area contributed by atoms with Crippen LogP contribution in [0.25, 0.3) is 21.5 Å². The van der Waals surface area contributed by atoms with Crippen LogP contribution in [0.2, 0.25) is 0 Å². The molecule has 5 heteroatoms. The van der Waals surface area contributed by atoms with E-state index in [1.54, 1.807) is 0 Å². The topological polar surface area (TPSA) is 47.3 Å². The zero-order chi connectivity index (χ0) is 28.1. The Hall–Kier alpha value is -3.12. The molecule has 0 saturated carbocycles. The van der Waals surface area contributed by atoms with Crippen LogP contribution in [0.4, 0.5) is 0 Å². The van der Waals surface area contributed by atoms with Crippen molar-refractivity contribution in [2.45, 2.75) is 55.4 Å². The Kier molecular flexibility index (Phi) is 19.2. The van der Waals surface area contributed by atoms with E-state index in [2.05, 4.69) is 0 Å². The summed E-state index contributed by atoms with van der Waals surface area (Å²) in [5, 5.41) is 4.58. The molecule has 0 N–H and O–H groups in total. The lowest BCUT2D eigenvalue weighted by molar-refractivity contribution is 0.563. The van der Waals surface area contributed by atoms with E-state index in [0.29, 0.717) is 5.58 Å². The lowest BCUT2D eigenvalue weighted by Crippen LogP contribution is -2.04. The van der Waals surface area contributed by atoms with E-state index in [0.717, 1.165) is 26.5 Å². The quantitative estimate of drug-likeness (QED) is 0.166. The van der Waals surface area contributed by atoms with Crippen molar-refractivity contribution in [1.82, 2.24) is 0 Å². The molecule has 4 aromatic carbocycles. The van der Waals surface area contributed by atoms with Crippen LogP contribution in [0.1, 0.15) is 55.4 Å². The minimum Gasteiger partial charge on any atom is -0.250 e. The van der Waals surface area contributed by atoms with Crippen molar-refractivity contribution in [3.8, 4) is 0 Å². The summed E-state index contributed by atoms with van der Waals surface area (Å²) in [6, 6.07) is 34.4. The van der Waals surface area contributed by atoms with Crippen LogP contribution < -0.4 is 10.6 Å². The average Bonchev–Trinajstić information content (AvgIpc) is 3.02. The first-order valence-electron chi connectivity index (χ1n) is 13.1. The minimum atomic E-state index is -1.74. The van der Waals surface area contributed by atoms with E-state index in [1.165, 1.54) is 0 Å². The molecule has 0 radical (unpaired) electrons. The molecule has 3 nitrogen and oxygen atoms in total. The van der Waals surface area contributed by atoms with Crippen molar-refractivity contribution >= 4 is 47.5 Å². The van der Waals surface area contributed by atoms with E-state index in [-0.39, 0.29) is 0 Å². The third kappa shape index (κ3) is 10.4. The number of para-hydroxylation sites is 1. The fourth-order valence-corrected chi connectivity index (χ4v) is 5.26. The average molecular weight is 537 g/mol. The number of fused-ring (bicyclic) bond motifs is 3. The van der Waals surface area contributed by atoms with Crippen molar-refractivity contribution in [2.75, 3.05) is 0 Å². The zero-order valence-electron chi connectivity index (χ0n) is 23.5. The first-order valence-corrected chi connectivity index (χ1v) is 15.6. The second-order valence-electron chi connectivity index (χ2n) is 6.33. The summed E-state index contributed by atoms with van der Waals surface area (Å²) in [5.74, 6) is 0. The van der Waals surface area contributed by atoms with E-state index >= 15 is 0 Å². The largest absolute Gasteiger partial charge is 0.597 e. The minimum absolute atomic E-state index is 0.706. The van der Waals surface area contributed by atoms with E-state index in [9.17, 15) is 9.13 Å². The second-order valence-corrected chi connectivity index (χ2v) is 9.13. The second kappa shape index (κ2) is 21.0. The summed E-state index contributed by atoms with van der Waals surface area (Å²) in [6.45, 7) is 16.0. The van der Waals surface area contributed by atoms with Crippen LogP contribution in [0.5, 0.6) is 0 Å². The maximum absolute atomic E-state index is 12.0. The molecule has 1 unspecified atom stereocenters. The van der Waals surface area contributed by atoms with Crippen molar-refractivity contribution < 1.29 is 13.3 Å². The van der Waals surface area contributed by atoms with Gasteiger partial charge in [-0.1, -0.05) is 127 Å². The molecule has 37 heavy (non-hydrogen) atoms. The Morgan fingerprint density at radius 3 is 1.38 bits per heavy atom. The van der Waals surface area contributed by atoms with Gasteiger partial charge in [-0.15, -0.1) is 0 Å². The van der Waals surface area contributed by atoms with Gasteiger partial charge in [0.15, 0.2) is 16.2 Å². The van der Waals surface area contributed by atoms with Gasteiger partial charge < -0.3 is 0 Å². The molecular formula is C32H42O3P2+2. The summed E-state index contributed by atoms with van der Waals surface area (Å²) >= 11 is 0. The Labute approximate surface area is 225 Å². The number of rotatable bonds is 2. The highest BCUT2D eigenvalue weighted by molar-refractivity contribution is 7.61. The molecular weight excluding hydrogens is 494 g/mol. The van der Waals surface area contributed by atoms with Crippen LogP contribution in [-0.2, 0) is 9.13 Å². The van der Waals surface area contributed by atoms with Gasteiger partial charge in [0.05, 0.1) is 0 Å². The zero-order valence-corrected chi connectivity index (χ0v) is 25.3. The van der Waals surface area contributed by atoms with E-state index in [4.69, 9.17) is 4.20 Å². The Morgan fingerprint density at radius 1 is 0.514 bits per heavy atom. The Bertz CT molecular complexity index is 1290. The van der Waals surface area contributed by atoms with Gasteiger partial charge in [-0.05, 0) is 47.0 Å². The van der Waals surface area contributed by atoms with E-state index in [1.807, 2.05) is 165 Å². The van der Waals surface area contributed by atoms with Gasteiger partial charge in [0.25, 0.3) is 0 Å². The van der Waals surface area contributed by atoms with Gasteiger partial charge in [-0.3, -0.25) is 0 Å². The van der Waals surface area contributed by atoms with Crippen molar-refractivity contribution in [1.29, 1.82) is 0 Å². The van der Waals surface area contributed by atoms with Crippen molar-refractivity contribution in [3.63, 3.8) is 0 Å². The molecule has 0 spiro atoms. The summed E-state index contributed by atoms with van der Waals surface area (Å²) in [4.78, 5) is 0. The number of hydrogen-bond donors (Lipinski definition) is 0. The molecule has 0 saturated heterocycles. The van der Waals surface area contributed by atoms with Gasteiger partial charge >= 0.3 is 15.5 Å². The highest BCUT2D eigenvalue weighted by Gasteiger charge is 2.21. The van der Waals surface area contributed by atoms with Gasteiger partial charge in [0.2, 0.25) is 5.12 Å². The van der Waals surface area contributed by atoms with Crippen molar-refractivity contribution in [3.05, 3.63) is 109 Å². The van der Waals surface area contributed by atoms with E-state index < -0.39 is 15.5 Å². The maximum Gasteiger partial charge on any atom is 0.597 e. The number of benzene rings is 4. The molecule has 0 fully saturated rings. The lowest BCUT2D eigenvalue weighted by atomic mass is 10.1. The summed E-state index contributed by atoms with van der Waals surface area (Å²) in [7, 11) is -3.16.